The molecule has 0 radical (unpaired) electrons. The van der Waals surface area contributed by atoms with E-state index in [-0.39, 0.29) is 25.0 Å². The van der Waals surface area contributed by atoms with Crippen LogP contribution in [0.2, 0.25) is 0 Å². The molecule has 6 heteroatoms. The number of unbranched alkanes of at least 4 members (excludes halogenated alkanes) is 1. The fraction of sp³-hybridized carbons (Fsp3) is 0.391. The standard InChI is InChI=1S/C23H28N2O4/c1-29-20-11-7-18(8-12-20)16-25-22(27)14-13-21(23(25)28)24-19-9-5-17(6-10-19)4-2-3-15-26/h5-12,21,24,26H,2-4,13-16H2,1H3. The van der Waals surface area contributed by atoms with Crippen molar-refractivity contribution in [3.63, 3.8) is 0 Å². The summed E-state index contributed by atoms with van der Waals surface area (Å²) in [4.78, 5) is 26.6. The maximum Gasteiger partial charge on any atom is 0.251 e. The van der Waals surface area contributed by atoms with Gasteiger partial charge < -0.3 is 15.2 Å². The van der Waals surface area contributed by atoms with Crippen molar-refractivity contribution in [1.82, 2.24) is 4.90 Å². The van der Waals surface area contributed by atoms with E-state index in [1.165, 1.54) is 10.5 Å². The van der Waals surface area contributed by atoms with Gasteiger partial charge in [-0.3, -0.25) is 14.5 Å². The Morgan fingerprint density at radius 2 is 1.72 bits per heavy atom. The van der Waals surface area contributed by atoms with Gasteiger partial charge in [0.05, 0.1) is 13.7 Å². The van der Waals surface area contributed by atoms with E-state index in [0.29, 0.717) is 12.8 Å². The molecule has 1 aliphatic rings. The van der Waals surface area contributed by atoms with Crippen molar-refractivity contribution in [1.29, 1.82) is 0 Å². The van der Waals surface area contributed by atoms with Crippen LogP contribution in [0, 0.1) is 0 Å². The fourth-order valence-corrected chi connectivity index (χ4v) is 3.46. The normalized spacial score (nSPS) is 16.8. The van der Waals surface area contributed by atoms with Gasteiger partial charge in [0, 0.05) is 18.7 Å². The van der Waals surface area contributed by atoms with Crippen LogP contribution in [0.4, 0.5) is 5.69 Å². The molecule has 2 aromatic rings. The van der Waals surface area contributed by atoms with Crippen molar-refractivity contribution in [3.8, 4) is 5.75 Å². The zero-order valence-electron chi connectivity index (χ0n) is 16.8. The number of aryl methyl sites for hydroxylation is 1. The molecule has 1 fully saturated rings. The first-order valence-electron chi connectivity index (χ1n) is 10.0. The Bertz CT molecular complexity index is 818. The van der Waals surface area contributed by atoms with E-state index in [4.69, 9.17) is 9.84 Å². The van der Waals surface area contributed by atoms with Crippen molar-refractivity contribution in [3.05, 3.63) is 59.7 Å². The van der Waals surface area contributed by atoms with Gasteiger partial charge in [0.25, 0.3) is 5.91 Å². The predicted octanol–water partition coefficient (Wildman–Crippen LogP) is 3.14. The number of nitrogens with zero attached hydrogens (tertiary/aromatic N) is 1. The van der Waals surface area contributed by atoms with Gasteiger partial charge in [-0.1, -0.05) is 24.3 Å². The summed E-state index contributed by atoms with van der Waals surface area (Å²) in [6.07, 6.45) is 3.52. The van der Waals surface area contributed by atoms with E-state index in [1.807, 2.05) is 48.5 Å². The van der Waals surface area contributed by atoms with Crippen LogP contribution < -0.4 is 10.1 Å². The number of anilines is 1. The summed E-state index contributed by atoms with van der Waals surface area (Å²) in [6.45, 7) is 0.485. The van der Waals surface area contributed by atoms with E-state index in [1.54, 1.807) is 7.11 Å². The third-order valence-corrected chi connectivity index (χ3v) is 5.18. The number of carbonyl (C=O) groups excluding carboxylic acids is 2. The Morgan fingerprint density at radius 1 is 1.03 bits per heavy atom. The van der Waals surface area contributed by atoms with Crippen LogP contribution in [0.5, 0.6) is 5.75 Å². The lowest BCUT2D eigenvalue weighted by Crippen LogP contribution is -2.50. The van der Waals surface area contributed by atoms with E-state index < -0.39 is 6.04 Å². The minimum absolute atomic E-state index is 0.136. The Balaban J connectivity index is 1.61. The number of likely N-dealkylation sites (tertiary alicyclic amines) is 1. The zero-order valence-corrected chi connectivity index (χ0v) is 16.8. The van der Waals surface area contributed by atoms with Crippen molar-refractivity contribution < 1.29 is 19.4 Å². The number of carbonyl (C=O) groups is 2. The van der Waals surface area contributed by atoms with Crippen LogP contribution >= 0.6 is 0 Å². The summed E-state index contributed by atoms with van der Waals surface area (Å²) in [7, 11) is 1.60. The second-order valence-electron chi connectivity index (χ2n) is 7.28. The maximum atomic E-state index is 12.9. The van der Waals surface area contributed by atoms with E-state index in [0.717, 1.165) is 36.3 Å². The predicted molar refractivity (Wildman–Crippen MR) is 112 cm³/mol. The van der Waals surface area contributed by atoms with Crippen LogP contribution in [0.25, 0.3) is 0 Å². The Kier molecular flexibility index (Phi) is 7.25. The van der Waals surface area contributed by atoms with Gasteiger partial charge in [0.15, 0.2) is 0 Å². The Labute approximate surface area is 171 Å². The maximum absolute atomic E-state index is 12.9. The number of imide groups is 1. The number of hydrogen-bond donors (Lipinski definition) is 2. The first-order chi connectivity index (χ1) is 14.1. The molecule has 0 spiro atoms. The zero-order chi connectivity index (χ0) is 20.6. The first-order valence-corrected chi connectivity index (χ1v) is 10.0. The van der Waals surface area contributed by atoms with Gasteiger partial charge >= 0.3 is 0 Å². The first kappa shape index (κ1) is 20.9. The molecule has 1 aliphatic heterocycles. The highest BCUT2D eigenvalue weighted by Gasteiger charge is 2.34. The van der Waals surface area contributed by atoms with Crippen LogP contribution in [0.15, 0.2) is 48.5 Å². The van der Waals surface area contributed by atoms with E-state index >= 15 is 0 Å². The number of aliphatic hydroxyl groups excluding tert-OH is 1. The number of methoxy groups -OCH3 is 1. The molecular formula is C23H28N2O4. The lowest BCUT2D eigenvalue weighted by Gasteiger charge is -2.31. The molecule has 154 valence electrons. The summed E-state index contributed by atoms with van der Waals surface area (Å²) >= 11 is 0. The third kappa shape index (κ3) is 5.57. The summed E-state index contributed by atoms with van der Waals surface area (Å²) in [5.74, 6) is 0.414. The largest absolute Gasteiger partial charge is 0.497 e. The highest BCUT2D eigenvalue weighted by molar-refractivity contribution is 6.01. The summed E-state index contributed by atoms with van der Waals surface area (Å²) in [5.41, 5.74) is 2.96. The number of amides is 2. The average Bonchev–Trinajstić information content (AvgIpc) is 2.75. The van der Waals surface area contributed by atoms with Gasteiger partial charge in [0.2, 0.25) is 5.91 Å². The quantitative estimate of drug-likeness (QED) is 0.503. The van der Waals surface area contributed by atoms with E-state index in [2.05, 4.69) is 5.32 Å². The number of piperidine rings is 1. The number of benzene rings is 2. The second-order valence-corrected chi connectivity index (χ2v) is 7.28. The number of ether oxygens (including phenoxy) is 1. The van der Waals surface area contributed by atoms with Crippen LogP contribution in [-0.2, 0) is 22.6 Å². The molecule has 0 bridgehead atoms. The van der Waals surface area contributed by atoms with Crippen molar-refractivity contribution in [2.75, 3.05) is 19.0 Å². The Hall–Kier alpha value is -2.86. The number of nitrogens with one attached hydrogen (secondary N) is 1. The van der Waals surface area contributed by atoms with Crippen molar-refractivity contribution >= 4 is 17.5 Å². The van der Waals surface area contributed by atoms with Gasteiger partial charge in [0.1, 0.15) is 11.8 Å². The van der Waals surface area contributed by atoms with Crippen molar-refractivity contribution in [2.45, 2.75) is 44.7 Å². The number of hydrogen-bond acceptors (Lipinski definition) is 5. The molecule has 1 atom stereocenters. The molecule has 1 heterocycles. The summed E-state index contributed by atoms with van der Waals surface area (Å²) < 4.78 is 5.15. The minimum Gasteiger partial charge on any atom is -0.497 e. The molecule has 2 amide bonds. The van der Waals surface area contributed by atoms with Crippen LogP contribution in [-0.4, -0.2) is 41.6 Å². The molecule has 3 rings (SSSR count). The second kappa shape index (κ2) is 10.1. The molecule has 0 aliphatic carbocycles. The molecule has 0 aromatic heterocycles. The van der Waals surface area contributed by atoms with Crippen LogP contribution in [0.3, 0.4) is 0 Å². The summed E-state index contributed by atoms with van der Waals surface area (Å²) in [6, 6.07) is 15.0. The monoisotopic (exact) mass is 396 g/mol. The fourth-order valence-electron chi connectivity index (χ4n) is 3.46. The average molecular weight is 396 g/mol. The molecule has 29 heavy (non-hydrogen) atoms. The van der Waals surface area contributed by atoms with Crippen molar-refractivity contribution in [2.24, 2.45) is 0 Å². The lowest BCUT2D eigenvalue weighted by molar-refractivity contribution is -0.149. The molecule has 2 N–H and O–H groups in total. The molecule has 0 saturated carbocycles. The molecule has 6 nitrogen and oxygen atoms in total. The highest BCUT2D eigenvalue weighted by Crippen LogP contribution is 2.22. The summed E-state index contributed by atoms with van der Waals surface area (Å²) in [5, 5.41) is 12.2. The molecular weight excluding hydrogens is 368 g/mol. The van der Waals surface area contributed by atoms with Crippen LogP contribution in [0.1, 0.15) is 36.8 Å². The third-order valence-electron chi connectivity index (χ3n) is 5.18. The smallest absolute Gasteiger partial charge is 0.251 e. The number of rotatable bonds is 9. The van der Waals surface area contributed by atoms with Gasteiger partial charge in [-0.25, -0.2) is 0 Å². The molecule has 2 aromatic carbocycles. The van der Waals surface area contributed by atoms with Gasteiger partial charge in [-0.2, -0.15) is 0 Å². The Morgan fingerprint density at radius 3 is 2.38 bits per heavy atom. The topological polar surface area (TPSA) is 78.9 Å². The van der Waals surface area contributed by atoms with Gasteiger partial charge in [-0.15, -0.1) is 0 Å². The number of aliphatic hydroxyl groups is 1. The van der Waals surface area contributed by atoms with E-state index in [9.17, 15) is 9.59 Å². The SMILES string of the molecule is COc1ccc(CN2C(=O)CCC(Nc3ccc(CCCCO)cc3)C2=O)cc1. The lowest BCUT2D eigenvalue weighted by atomic mass is 10.0. The minimum atomic E-state index is -0.411. The molecule has 1 unspecified atom stereocenters. The van der Waals surface area contributed by atoms with Gasteiger partial charge in [-0.05, 0) is 61.1 Å². The molecule has 1 saturated heterocycles. The highest BCUT2D eigenvalue weighted by atomic mass is 16.5.